The SMILES string of the molecule is O=P1(NCCCl)NCCCO1. The van der Waals surface area contributed by atoms with E-state index in [1.54, 1.807) is 0 Å². The highest BCUT2D eigenvalue weighted by atomic mass is 35.5. The minimum absolute atomic E-state index is 0.440. The van der Waals surface area contributed by atoms with E-state index in [-0.39, 0.29) is 0 Å². The minimum Gasteiger partial charge on any atom is -0.306 e. The first-order valence-electron chi connectivity index (χ1n) is 3.58. The van der Waals surface area contributed by atoms with Crippen LogP contribution in [0.3, 0.4) is 0 Å². The van der Waals surface area contributed by atoms with Crippen LogP contribution in [-0.4, -0.2) is 25.6 Å². The van der Waals surface area contributed by atoms with Gasteiger partial charge in [0.2, 0.25) is 0 Å². The molecule has 1 rings (SSSR count). The van der Waals surface area contributed by atoms with Crippen molar-refractivity contribution in [3.63, 3.8) is 0 Å². The third kappa shape index (κ3) is 3.09. The zero-order valence-electron chi connectivity index (χ0n) is 6.18. The molecule has 0 radical (unpaired) electrons. The van der Waals surface area contributed by atoms with Crippen molar-refractivity contribution in [1.29, 1.82) is 0 Å². The Bertz CT molecular complexity index is 157. The summed E-state index contributed by atoms with van der Waals surface area (Å²) in [5.74, 6) is 0.440. The van der Waals surface area contributed by atoms with Gasteiger partial charge in [0.1, 0.15) is 0 Å². The zero-order valence-corrected chi connectivity index (χ0v) is 7.83. The Kier molecular flexibility index (Phi) is 3.82. The van der Waals surface area contributed by atoms with Crippen LogP contribution in [0.4, 0.5) is 0 Å². The zero-order chi connectivity index (χ0) is 8.16. The lowest BCUT2D eigenvalue weighted by Gasteiger charge is -2.24. The molecule has 0 aromatic heterocycles. The lowest BCUT2D eigenvalue weighted by Crippen LogP contribution is -2.30. The Morgan fingerprint density at radius 2 is 2.55 bits per heavy atom. The molecular formula is C5H12ClN2O2P. The van der Waals surface area contributed by atoms with Crippen molar-refractivity contribution in [2.45, 2.75) is 6.42 Å². The molecule has 0 aromatic rings. The third-order valence-corrected chi connectivity index (χ3v) is 3.34. The van der Waals surface area contributed by atoms with Gasteiger partial charge >= 0.3 is 7.67 Å². The van der Waals surface area contributed by atoms with Gasteiger partial charge in [-0.25, -0.2) is 10.2 Å². The summed E-state index contributed by atoms with van der Waals surface area (Å²) in [6.45, 7) is 1.80. The van der Waals surface area contributed by atoms with Gasteiger partial charge in [0, 0.05) is 19.0 Å². The van der Waals surface area contributed by atoms with Gasteiger partial charge in [-0.3, -0.25) is 4.57 Å². The molecule has 6 heteroatoms. The maximum Gasteiger partial charge on any atom is 0.340 e. The van der Waals surface area contributed by atoms with E-state index in [4.69, 9.17) is 16.1 Å². The molecule has 1 atom stereocenters. The van der Waals surface area contributed by atoms with E-state index in [1.807, 2.05) is 0 Å². The van der Waals surface area contributed by atoms with Gasteiger partial charge in [-0.1, -0.05) is 0 Å². The number of halogens is 1. The molecule has 4 nitrogen and oxygen atoms in total. The highest BCUT2D eigenvalue weighted by Gasteiger charge is 2.24. The second-order valence-electron chi connectivity index (χ2n) is 2.24. The Morgan fingerprint density at radius 3 is 3.09 bits per heavy atom. The van der Waals surface area contributed by atoms with Gasteiger partial charge in [-0.05, 0) is 6.42 Å². The van der Waals surface area contributed by atoms with Crippen LogP contribution >= 0.6 is 19.3 Å². The molecule has 2 N–H and O–H groups in total. The fourth-order valence-corrected chi connectivity index (χ4v) is 2.59. The maximum absolute atomic E-state index is 11.5. The van der Waals surface area contributed by atoms with Crippen LogP contribution < -0.4 is 10.2 Å². The van der Waals surface area contributed by atoms with E-state index in [2.05, 4.69) is 10.2 Å². The van der Waals surface area contributed by atoms with E-state index in [0.717, 1.165) is 13.0 Å². The van der Waals surface area contributed by atoms with Crippen LogP contribution in [0.1, 0.15) is 6.42 Å². The molecule has 1 fully saturated rings. The Labute approximate surface area is 71.2 Å². The summed E-state index contributed by atoms with van der Waals surface area (Å²) < 4.78 is 16.5. The van der Waals surface area contributed by atoms with Crippen molar-refractivity contribution in [1.82, 2.24) is 10.2 Å². The number of alkyl halides is 1. The van der Waals surface area contributed by atoms with Gasteiger partial charge in [-0.15, -0.1) is 11.6 Å². The van der Waals surface area contributed by atoms with Gasteiger partial charge < -0.3 is 4.52 Å². The molecule has 1 heterocycles. The fraction of sp³-hybridized carbons (Fsp3) is 1.00. The molecule has 1 aliphatic rings. The third-order valence-electron chi connectivity index (χ3n) is 1.33. The normalized spacial score (nSPS) is 32.1. The molecule has 1 unspecified atom stereocenters. The minimum atomic E-state index is -2.71. The summed E-state index contributed by atoms with van der Waals surface area (Å²) in [6.07, 6.45) is 0.909. The highest BCUT2D eigenvalue weighted by Crippen LogP contribution is 2.39. The van der Waals surface area contributed by atoms with Crippen LogP contribution in [0.25, 0.3) is 0 Å². The summed E-state index contributed by atoms with van der Waals surface area (Å²) >= 11 is 5.42. The van der Waals surface area contributed by atoms with Crippen molar-refractivity contribution in [2.75, 3.05) is 25.6 Å². The highest BCUT2D eigenvalue weighted by molar-refractivity contribution is 7.54. The van der Waals surface area contributed by atoms with E-state index < -0.39 is 7.67 Å². The Balaban J connectivity index is 2.32. The number of hydrogen-bond donors (Lipinski definition) is 2. The first kappa shape index (κ1) is 9.49. The van der Waals surface area contributed by atoms with E-state index in [9.17, 15) is 4.57 Å². The van der Waals surface area contributed by atoms with Crippen molar-refractivity contribution in [2.24, 2.45) is 0 Å². The topological polar surface area (TPSA) is 50.4 Å². The average Bonchev–Trinajstić information content (AvgIpc) is 2.03. The molecule has 0 aliphatic carbocycles. The van der Waals surface area contributed by atoms with Crippen molar-refractivity contribution in [3.05, 3.63) is 0 Å². The van der Waals surface area contributed by atoms with Crippen LogP contribution in [0, 0.1) is 0 Å². The van der Waals surface area contributed by atoms with Gasteiger partial charge in [0.15, 0.2) is 0 Å². The van der Waals surface area contributed by atoms with Crippen LogP contribution in [0.2, 0.25) is 0 Å². The molecule has 0 saturated carbocycles. The summed E-state index contributed by atoms with van der Waals surface area (Å²) in [4.78, 5) is 0. The van der Waals surface area contributed by atoms with Gasteiger partial charge in [0.25, 0.3) is 0 Å². The quantitative estimate of drug-likeness (QED) is 0.523. The summed E-state index contributed by atoms with van der Waals surface area (Å²) in [6, 6.07) is 0. The predicted octanol–water partition coefficient (Wildman–Crippen LogP) is 0.933. The van der Waals surface area contributed by atoms with E-state index in [1.165, 1.54) is 0 Å². The molecule has 0 aromatic carbocycles. The molecule has 1 saturated heterocycles. The molecule has 66 valence electrons. The second kappa shape index (κ2) is 4.43. The summed E-state index contributed by atoms with van der Waals surface area (Å²) in [5, 5.41) is 5.53. The van der Waals surface area contributed by atoms with Crippen LogP contribution in [-0.2, 0) is 9.09 Å². The molecule has 1 aliphatic heterocycles. The predicted molar refractivity (Wildman–Crippen MR) is 44.9 cm³/mol. The summed E-state index contributed by atoms with van der Waals surface area (Å²) in [7, 11) is -2.71. The molecule has 11 heavy (non-hydrogen) atoms. The lowest BCUT2D eigenvalue weighted by atomic mass is 10.5. The van der Waals surface area contributed by atoms with Crippen molar-refractivity contribution in [3.8, 4) is 0 Å². The van der Waals surface area contributed by atoms with Crippen molar-refractivity contribution < 1.29 is 9.09 Å². The molecule has 0 spiro atoms. The first-order chi connectivity index (χ1) is 5.27. The second-order valence-corrected chi connectivity index (χ2v) is 4.62. The molecular weight excluding hydrogens is 186 g/mol. The maximum atomic E-state index is 11.5. The fourth-order valence-electron chi connectivity index (χ4n) is 0.828. The first-order valence-corrected chi connectivity index (χ1v) is 5.73. The van der Waals surface area contributed by atoms with E-state index >= 15 is 0 Å². The Hall–Kier alpha value is 0.400. The molecule has 0 bridgehead atoms. The number of rotatable bonds is 3. The van der Waals surface area contributed by atoms with Gasteiger partial charge in [0.05, 0.1) is 6.61 Å². The number of nitrogens with one attached hydrogen (secondary N) is 2. The van der Waals surface area contributed by atoms with Gasteiger partial charge in [-0.2, -0.15) is 0 Å². The van der Waals surface area contributed by atoms with E-state index in [0.29, 0.717) is 19.0 Å². The standard InChI is InChI=1S/C5H12ClN2O2P/c6-2-4-8-11(9)7-3-1-5-10-11/h1-5H2,(H2,7,8,9). The largest absolute Gasteiger partial charge is 0.340 e. The summed E-state index contributed by atoms with van der Waals surface area (Å²) in [5.41, 5.74) is 0. The smallest absolute Gasteiger partial charge is 0.306 e. The molecule has 0 amide bonds. The number of hydrogen-bond acceptors (Lipinski definition) is 2. The monoisotopic (exact) mass is 198 g/mol. The van der Waals surface area contributed by atoms with Crippen molar-refractivity contribution >= 4 is 19.3 Å². The lowest BCUT2D eigenvalue weighted by molar-refractivity contribution is 0.270. The average molecular weight is 199 g/mol. The van der Waals surface area contributed by atoms with Crippen LogP contribution in [0.15, 0.2) is 0 Å². The Morgan fingerprint density at radius 1 is 1.73 bits per heavy atom. The van der Waals surface area contributed by atoms with Crippen LogP contribution in [0.5, 0.6) is 0 Å².